The number of carbonyl (C=O) groups excluding carboxylic acids is 1. The molecule has 0 bridgehead atoms. The van der Waals surface area contributed by atoms with Crippen molar-refractivity contribution in [1.29, 1.82) is 0 Å². The molecule has 1 aliphatic rings. The number of para-hydroxylation sites is 2. The normalized spacial score (nSPS) is 14.0. The molecule has 1 aliphatic heterocycles. The molecular weight excluding hydrogens is 342 g/mol. The number of hydrogen-bond acceptors (Lipinski definition) is 4. The summed E-state index contributed by atoms with van der Waals surface area (Å²) in [6.45, 7) is 5.92. The lowest BCUT2D eigenvalue weighted by Crippen LogP contribution is -2.52. The average molecular weight is 369 g/mol. The second-order valence-electron chi connectivity index (χ2n) is 6.54. The zero-order chi connectivity index (χ0) is 19.1. The number of urea groups is 1. The Labute approximate surface area is 160 Å². The van der Waals surface area contributed by atoms with Crippen LogP contribution in [0.2, 0.25) is 0 Å². The Kier molecular flexibility index (Phi) is 6.41. The summed E-state index contributed by atoms with van der Waals surface area (Å²) in [6, 6.07) is 15.8. The number of anilines is 1. The van der Waals surface area contributed by atoms with E-state index in [4.69, 9.17) is 9.47 Å². The van der Waals surface area contributed by atoms with Gasteiger partial charge >= 0.3 is 6.03 Å². The smallest absolute Gasteiger partial charge is 0.317 e. The molecule has 0 aromatic heterocycles. The van der Waals surface area contributed by atoms with Crippen LogP contribution in [0.3, 0.4) is 0 Å². The summed E-state index contributed by atoms with van der Waals surface area (Å²) in [6.07, 6.45) is 0. The highest BCUT2D eigenvalue weighted by Gasteiger charge is 2.22. The first-order chi connectivity index (χ1) is 13.2. The maximum atomic E-state index is 12.3. The molecule has 0 saturated carbocycles. The molecule has 2 amide bonds. The third kappa shape index (κ3) is 5.06. The van der Waals surface area contributed by atoms with E-state index < -0.39 is 0 Å². The van der Waals surface area contributed by atoms with Crippen molar-refractivity contribution in [3.05, 3.63) is 54.1 Å². The molecule has 27 heavy (non-hydrogen) atoms. The van der Waals surface area contributed by atoms with E-state index in [1.807, 2.05) is 54.3 Å². The quantitative estimate of drug-likeness (QED) is 0.796. The molecule has 144 valence electrons. The number of nitrogens with one attached hydrogen (secondary N) is 1. The Balaban J connectivity index is 1.40. The van der Waals surface area contributed by atoms with Gasteiger partial charge in [0, 0.05) is 26.2 Å². The molecule has 2 aromatic rings. The van der Waals surface area contributed by atoms with Crippen LogP contribution < -0.4 is 19.7 Å². The van der Waals surface area contributed by atoms with Crippen molar-refractivity contribution in [2.45, 2.75) is 6.92 Å². The van der Waals surface area contributed by atoms with Crippen LogP contribution in [-0.4, -0.2) is 57.4 Å². The maximum Gasteiger partial charge on any atom is 0.317 e. The summed E-state index contributed by atoms with van der Waals surface area (Å²) in [5.74, 6) is 1.68. The first kappa shape index (κ1) is 18.9. The Morgan fingerprint density at radius 1 is 1.04 bits per heavy atom. The van der Waals surface area contributed by atoms with Crippen molar-refractivity contribution < 1.29 is 14.3 Å². The first-order valence-corrected chi connectivity index (χ1v) is 9.27. The number of carbonyl (C=O) groups is 1. The molecule has 0 unspecified atom stereocenters. The van der Waals surface area contributed by atoms with Crippen molar-refractivity contribution in [1.82, 2.24) is 10.2 Å². The van der Waals surface area contributed by atoms with E-state index in [1.54, 1.807) is 7.11 Å². The lowest BCUT2D eigenvalue weighted by atomic mass is 10.2. The molecule has 0 aliphatic carbocycles. The first-order valence-electron chi connectivity index (χ1n) is 9.27. The van der Waals surface area contributed by atoms with Crippen molar-refractivity contribution >= 4 is 11.7 Å². The summed E-state index contributed by atoms with van der Waals surface area (Å²) in [4.78, 5) is 16.4. The third-order valence-electron chi connectivity index (χ3n) is 4.66. The van der Waals surface area contributed by atoms with Crippen LogP contribution in [0, 0.1) is 6.92 Å². The zero-order valence-corrected chi connectivity index (χ0v) is 16.0. The molecule has 1 heterocycles. The molecule has 6 nitrogen and oxygen atoms in total. The van der Waals surface area contributed by atoms with Gasteiger partial charge in [0.05, 0.1) is 19.3 Å². The highest BCUT2D eigenvalue weighted by Crippen LogP contribution is 2.28. The number of amides is 2. The van der Waals surface area contributed by atoms with Gasteiger partial charge in [0.2, 0.25) is 0 Å². The van der Waals surface area contributed by atoms with Crippen LogP contribution in [0.1, 0.15) is 5.56 Å². The lowest BCUT2D eigenvalue weighted by molar-refractivity contribution is 0.191. The summed E-state index contributed by atoms with van der Waals surface area (Å²) in [5, 5.41) is 2.93. The van der Waals surface area contributed by atoms with E-state index >= 15 is 0 Å². The summed E-state index contributed by atoms with van der Waals surface area (Å²) in [5.41, 5.74) is 2.27. The summed E-state index contributed by atoms with van der Waals surface area (Å²) >= 11 is 0. The van der Waals surface area contributed by atoms with Crippen LogP contribution >= 0.6 is 0 Å². The van der Waals surface area contributed by atoms with Gasteiger partial charge in [-0.15, -0.1) is 0 Å². The van der Waals surface area contributed by atoms with Crippen LogP contribution in [-0.2, 0) is 0 Å². The molecule has 1 saturated heterocycles. The van der Waals surface area contributed by atoms with Crippen LogP contribution in [0.4, 0.5) is 10.5 Å². The monoisotopic (exact) mass is 369 g/mol. The number of methoxy groups -OCH3 is 1. The Morgan fingerprint density at radius 2 is 1.74 bits per heavy atom. The highest BCUT2D eigenvalue weighted by molar-refractivity contribution is 5.74. The van der Waals surface area contributed by atoms with Gasteiger partial charge in [-0.3, -0.25) is 0 Å². The van der Waals surface area contributed by atoms with Gasteiger partial charge in [-0.25, -0.2) is 4.79 Å². The number of piperazine rings is 1. The van der Waals surface area contributed by atoms with Crippen LogP contribution in [0.15, 0.2) is 48.5 Å². The van der Waals surface area contributed by atoms with E-state index in [9.17, 15) is 4.79 Å². The Bertz CT molecular complexity index is 741. The number of nitrogens with zero attached hydrogens (tertiary/aromatic N) is 2. The topological polar surface area (TPSA) is 54.0 Å². The van der Waals surface area contributed by atoms with Gasteiger partial charge in [-0.2, -0.15) is 0 Å². The summed E-state index contributed by atoms with van der Waals surface area (Å²) < 4.78 is 11.1. The average Bonchev–Trinajstić information content (AvgIpc) is 2.72. The lowest BCUT2D eigenvalue weighted by Gasteiger charge is -2.36. The fourth-order valence-corrected chi connectivity index (χ4v) is 3.11. The van der Waals surface area contributed by atoms with Crippen molar-refractivity contribution in [3.63, 3.8) is 0 Å². The minimum absolute atomic E-state index is 0.0396. The van der Waals surface area contributed by atoms with Crippen LogP contribution in [0.25, 0.3) is 0 Å². The molecule has 2 aromatic carbocycles. The second kappa shape index (κ2) is 9.16. The van der Waals surface area contributed by atoms with Crippen molar-refractivity contribution in [2.75, 3.05) is 51.3 Å². The van der Waals surface area contributed by atoms with Gasteiger partial charge in [0.25, 0.3) is 0 Å². The molecular formula is C21H27N3O3. The number of hydrogen-bond donors (Lipinski definition) is 1. The predicted molar refractivity (Wildman–Crippen MR) is 107 cm³/mol. The number of ether oxygens (including phenoxy) is 2. The van der Waals surface area contributed by atoms with Gasteiger partial charge in [-0.05, 0) is 31.2 Å². The molecule has 0 atom stereocenters. The van der Waals surface area contributed by atoms with E-state index in [2.05, 4.69) is 16.3 Å². The van der Waals surface area contributed by atoms with Gasteiger partial charge in [0.1, 0.15) is 18.1 Å². The van der Waals surface area contributed by atoms with Crippen molar-refractivity contribution in [2.24, 2.45) is 0 Å². The highest BCUT2D eigenvalue weighted by atomic mass is 16.5. The predicted octanol–water partition coefficient (Wildman–Crippen LogP) is 2.91. The molecule has 6 heteroatoms. The standard InChI is InChI=1S/C21H27N3O3/c1-17-7-9-18(10-8-17)27-16-11-22-21(25)24-14-12-23(13-15-24)19-5-3-4-6-20(19)26-2/h3-10H,11-16H2,1-2H3,(H,22,25). The molecule has 0 spiro atoms. The van der Waals surface area contributed by atoms with Gasteiger partial charge < -0.3 is 24.6 Å². The zero-order valence-electron chi connectivity index (χ0n) is 16.0. The van der Waals surface area contributed by atoms with E-state index in [-0.39, 0.29) is 6.03 Å². The fourth-order valence-electron chi connectivity index (χ4n) is 3.11. The fraction of sp³-hybridized carbons (Fsp3) is 0.381. The largest absolute Gasteiger partial charge is 0.495 e. The van der Waals surface area contributed by atoms with E-state index in [0.717, 1.165) is 30.3 Å². The third-order valence-corrected chi connectivity index (χ3v) is 4.66. The van der Waals surface area contributed by atoms with Gasteiger partial charge in [0.15, 0.2) is 0 Å². The Hall–Kier alpha value is -2.89. The van der Waals surface area contributed by atoms with E-state index in [1.165, 1.54) is 5.56 Å². The van der Waals surface area contributed by atoms with E-state index in [0.29, 0.717) is 26.2 Å². The van der Waals surface area contributed by atoms with Crippen LogP contribution in [0.5, 0.6) is 11.5 Å². The summed E-state index contributed by atoms with van der Waals surface area (Å²) in [7, 11) is 1.68. The molecule has 3 rings (SSSR count). The minimum atomic E-state index is -0.0396. The minimum Gasteiger partial charge on any atom is -0.495 e. The molecule has 1 fully saturated rings. The number of rotatable bonds is 6. The number of aryl methyl sites for hydroxylation is 1. The SMILES string of the molecule is COc1ccccc1N1CCN(C(=O)NCCOc2ccc(C)cc2)CC1. The maximum absolute atomic E-state index is 12.3. The second-order valence-corrected chi connectivity index (χ2v) is 6.54. The molecule has 1 N–H and O–H groups in total. The number of benzene rings is 2. The molecule has 0 radical (unpaired) electrons. The van der Waals surface area contributed by atoms with Crippen molar-refractivity contribution in [3.8, 4) is 11.5 Å². The Morgan fingerprint density at radius 3 is 2.44 bits per heavy atom. The van der Waals surface area contributed by atoms with Gasteiger partial charge in [-0.1, -0.05) is 29.8 Å².